The number of ether oxygens (including phenoxy) is 2. The zero-order chi connectivity index (χ0) is 16.8. The van der Waals surface area contributed by atoms with Crippen molar-refractivity contribution in [2.45, 2.75) is 58.1 Å². The topological polar surface area (TPSA) is 46.1 Å². The Labute approximate surface area is 146 Å². The van der Waals surface area contributed by atoms with Crippen molar-refractivity contribution in [3.05, 3.63) is 0 Å². The Morgan fingerprint density at radius 1 is 1.21 bits per heavy atom. The molecule has 1 spiro atoms. The van der Waals surface area contributed by atoms with Crippen molar-refractivity contribution in [3.8, 4) is 0 Å². The van der Waals surface area contributed by atoms with Crippen LogP contribution in [0.3, 0.4) is 0 Å². The van der Waals surface area contributed by atoms with Crippen LogP contribution in [0, 0.1) is 16.7 Å². The predicted octanol–water partition coefficient (Wildman–Crippen LogP) is 2.27. The highest BCUT2D eigenvalue weighted by Gasteiger charge is 2.59. The number of aliphatic imine (C=N–C) groups is 1. The van der Waals surface area contributed by atoms with E-state index in [4.69, 9.17) is 9.47 Å². The summed E-state index contributed by atoms with van der Waals surface area (Å²) >= 11 is 0. The molecule has 4 aliphatic rings. The van der Waals surface area contributed by atoms with E-state index in [1.807, 2.05) is 7.05 Å². The monoisotopic (exact) mass is 335 g/mol. The third-order valence-corrected chi connectivity index (χ3v) is 6.96. The molecular formula is C19H33N3O2. The number of rotatable bonds is 1. The first-order valence-electron chi connectivity index (χ1n) is 9.73. The minimum atomic E-state index is 0.193. The molecule has 0 aromatic heterocycles. The van der Waals surface area contributed by atoms with E-state index in [0.717, 1.165) is 38.9 Å². The standard InChI is InChI=1S/C19H33N3O2/c1-18(2)15(14-6-11-24-16(14)18)21-17(20-3)22-9-4-7-19(12-22)8-5-10-23-13-19/h14-16H,4-13H2,1-3H3,(H,20,21). The summed E-state index contributed by atoms with van der Waals surface area (Å²) in [5, 5.41) is 3.81. The van der Waals surface area contributed by atoms with Gasteiger partial charge in [0.15, 0.2) is 5.96 Å². The Kier molecular flexibility index (Phi) is 4.28. The molecule has 24 heavy (non-hydrogen) atoms. The second-order valence-electron chi connectivity index (χ2n) is 8.92. The predicted molar refractivity (Wildman–Crippen MR) is 95.2 cm³/mol. The summed E-state index contributed by atoms with van der Waals surface area (Å²) in [6.07, 6.45) is 6.65. The van der Waals surface area contributed by atoms with Gasteiger partial charge in [0.1, 0.15) is 0 Å². The average molecular weight is 335 g/mol. The van der Waals surface area contributed by atoms with Crippen LogP contribution in [-0.2, 0) is 9.47 Å². The molecule has 1 aliphatic carbocycles. The molecule has 3 aliphatic heterocycles. The van der Waals surface area contributed by atoms with Gasteiger partial charge >= 0.3 is 0 Å². The van der Waals surface area contributed by atoms with Crippen LogP contribution in [0.4, 0.5) is 0 Å². The fourth-order valence-corrected chi connectivity index (χ4v) is 5.67. The van der Waals surface area contributed by atoms with E-state index in [0.29, 0.717) is 23.5 Å². The summed E-state index contributed by atoms with van der Waals surface area (Å²) in [6.45, 7) is 9.64. The highest BCUT2D eigenvalue weighted by molar-refractivity contribution is 5.80. The Morgan fingerprint density at radius 3 is 2.79 bits per heavy atom. The van der Waals surface area contributed by atoms with Crippen LogP contribution >= 0.6 is 0 Å². The molecule has 5 heteroatoms. The molecule has 136 valence electrons. The van der Waals surface area contributed by atoms with Gasteiger partial charge in [-0.3, -0.25) is 4.99 Å². The molecule has 1 saturated carbocycles. The molecule has 3 heterocycles. The first-order chi connectivity index (χ1) is 11.6. The van der Waals surface area contributed by atoms with E-state index in [1.165, 1.54) is 32.1 Å². The number of nitrogens with zero attached hydrogens (tertiary/aromatic N) is 2. The lowest BCUT2D eigenvalue weighted by Gasteiger charge is -2.56. The van der Waals surface area contributed by atoms with Gasteiger partial charge in [-0.15, -0.1) is 0 Å². The van der Waals surface area contributed by atoms with Crippen LogP contribution in [0.5, 0.6) is 0 Å². The summed E-state index contributed by atoms with van der Waals surface area (Å²) in [6, 6.07) is 0.476. The lowest BCUT2D eigenvalue weighted by Crippen LogP contribution is -2.68. The molecule has 4 rings (SSSR count). The average Bonchev–Trinajstić information content (AvgIpc) is 3.03. The number of hydrogen-bond donors (Lipinski definition) is 1. The Bertz CT molecular complexity index is 493. The molecule has 4 atom stereocenters. The van der Waals surface area contributed by atoms with E-state index in [9.17, 15) is 0 Å². The second kappa shape index (κ2) is 6.17. The lowest BCUT2D eigenvalue weighted by molar-refractivity contribution is -0.108. The number of likely N-dealkylation sites (tertiary alicyclic amines) is 1. The van der Waals surface area contributed by atoms with Crippen molar-refractivity contribution in [1.29, 1.82) is 0 Å². The number of guanidine groups is 1. The largest absolute Gasteiger partial charge is 0.381 e. The fraction of sp³-hybridized carbons (Fsp3) is 0.947. The minimum absolute atomic E-state index is 0.193. The van der Waals surface area contributed by atoms with Gasteiger partial charge in [0.05, 0.1) is 12.7 Å². The molecule has 1 N–H and O–H groups in total. The van der Waals surface area contributed by atoms with Crippen molar-refractivity contribution in [1.82, 2.24) is 10.2 Å². The maximum absolute atomic E-state index is 5.94. The van der Waals surface area contributed by atoms with Crippen molar-refractivity contribution in [3.63, 3.8) is 0 Å². The van der Waals surface area contributed by atoms with Gasteiger partial charge in [0.2, 0.25) is 0 Å². The molecule has 4 unspecified atom stereocenters. The van der Waals surface area contributed by atoms with Crippen molar-refractivity contribution >= 4 is 5.96 Å². The Balaban J connectivity index is 1.44. The maximum atomic E-state index is 5.94. The van der Waals surface area contributed by atoms with Crippen molar-refractivity contribution in [2.75, 3.05) is 40.0 Å². The van der Waals surface area contributed by atoms with Gasteiger partial charge in [-0.1, -0.05) is 13.8 Å². The third kappa shape index (κ3) is 2.64. The van der Waals surface area contributed by atoms with Crippen molar-refractivity contribution < 1.29 is 9.47 Å². The summed E-state index contributed by atoms with van der Waals surface area (Å²) in [5.74, 6) is 1.73. The van der Waals surface area contributed by atoms with Gasteiger partial charge in [-0.05, 0) is 32.1 Å². The SMILES string of the molecule is CN=C(NC1C2CCOC2C1(C)C)N1CCCC2(CCCOC2)C1. The molecule has 5 nitrogen and oxygen atoms in total. The quantitative estimate of drug-likeness (QED) is 0.590. The van der Waals surface area contributed by atoms with Crippen LogP contribution in [-0.4, -0.2) is 63.0 Å². The molecule has 0 bridgehead atoms. The van der Waals surface area contributed by atoms with Gasteiger partial charge in [-0.25, -0.2) is 0 Å². The molecular weight excluding hydrogens is 302 g/mol. The Morgan fingerprint density at radius 2 is 2.04 bits per heavy atom. The van der Waals surface area contributed by atoms with Gasteiger partial charge in [0, 0.05) is 56.1 Å². The zero-order valence-electron chi connectivity index (χ0n) is 15.5. The first-order valence-corrected chi connectivity index (χ1v) is 9.73. The van der Waals surface area contributed by atoms with E-state index >= 15 is 0 Å². The smallest absolute Gasteiger partial charge is 0.193 e. The summed E-state index contributed by atoms with van der Waals surface area (Å²) in [5.41, 5.74) is 0.542. The second-order valence-corrected chi connectivity index (χ2v) is 8.92. The first kappa shape index (κ1) is 16.6. The van der Waals surface area contributed by atoms with Crippen LogP contribution < -0.4 is 5.32 Å². The molecule has 0 radical (unpaired) electrons. The molecule has 0 amide bonds. The summed E-state index contributed by atoms with van der Waals surface area (Å²) in [4.78, 5) is 7.12. The molecule has 0 aromatic rings. The number of fused-ring (bicyclic) bond motifs is 1. The van der Waals surface area contributed by atoms with Crippen LogP contribution in [0.25, 0.3) is 0 Å². The van der Waals surface area contributed by atoms with Crippen molar-refractivity contribution in [2.24, 2.45) is 21.7 Å². The Hall–Kier alpha value is -0.810. The number of piperidine rings is 1. The van der Waals surface area contributed by atoms with Crippen LogP contribution in [0.2, 0.25) is 0 Å². The zero-order valence-corrected chi connectivity index (χ0v) is 15.5. The molecule has 3 saturated heterocycles. The fourth-order valence-electron chi connectivity index (χ4n) is 5.67. The summed E-state index contributed by atoms with van der Waals surface area (Å²) < 4.78 is 11.8. The number of hydrogen-bond acceptors (Lipinski definition) is 3. The highest BCUT2D eigenvalue weighted by atomic mass is 16.5. The molecule has 0 aromatic carbocycles. The normalized spacial score (nSPS) is 41.9. The number of nitrogens with one attached hydrogen (secondary N) is 1. The van der Waals surface area contributed by atoms with Gasteiger partial charge in [0.25, 0.3) is 0 Å². The minimum Gasteiger partial charge on any atom is -0.381 e. The van der Waals surface area contributed by atoms with Gasteiger partial charge in [-0.2, -0.15) is 0 Å². The summed E-state index contributed by atoms with van der Waals surface area (Å²) in [7, 11) is 1.93. The van der Waals surface area contributed by atoms with E-state index in [1.54, 1.807) is 0 Å². The lowest BCUT2D eigenvalue weighted by atomic mass is 9.57. The maximum Gasteiger partial charge on any atom is 0.193 e. The van der Waals surface area contributed by atoms with Crippen LogP contribution in [0.15, 0.2) is 4.99 Å². The van der Waals surface area contributed by atoms with E-state index in [2.05, 4.69) is 29.1 Å². The van der Waals surface area contributed by atoms with E-state index < -0.39 is 0 Å². The van der Waals surface area contributed by atoms with Gasteiger partial charge < -0.3 is 19.7 Å². The third-order valence-electron chi connectivity index (χ3n) is 6.96. The molecule has 4 fully saturated rings. The van der Waals surface area contributed by atoms with Crippen LogP contribution in [0.1, 0.15) is 46.0 Å². The van der Waals surface area contributed by atoms with E-state index in [-0.39, 0.29) is 5.41 Å². The highest BCUT2D eigenvalue weighted by Crippen LogP contribution is 2.52.